The summed E-state index contributed by atoms with van der Waals surface area (Å²) in [5.74, 6) is 0.121. The molecule has 3 rings (SSSR count). The highest BCUT2D eigenvalue weighted by Crippen LogP contribution is 2.39. The Kier molecular flexibility index (Phi) is 4.57. The largest absolute Gasteiger partial charge is 0.394 e. The number of piperazine rings is 1. The molecular weight excluding hydrogens is 328 g/mol. The van der Waals surface area contributed by atoms with Crippen LogP contribution in [0.15, 0.2) is 22.8 Å². The van der Waals surface area contributed by atoms with Crippen molar-refractivity contribution < 1.29 is 9.59 Å². The van der Waals surface area contributed by atoms with Gasteiger partial charge in [-0.3, -0.25) is 9.59 Å². The first-order valence-corrected chi connectivity index (χ1v) is 9.53. The minimum atomic E-state index is -0.0425. The molecule has 0 amide bonds. The van der Waals surface area contributed by atoms with Crippen LogP contribution in [0.4, 0.5) is 0 Å². The first-order valence-electron chi connectivity index (χ1n) is 9.53. The van der Waals surface area contributed by atoms with Crippen molar-refractivity contribution in [1.29, 1.82) is 0 Å². The highest BCUT2D eigenvalue weighted by Gasteiger charge is 2.37. The topological polar surface area (TPSA) is 92.7 Å². The van der Waals surface area contributed by atoms with Gasteiger partial charge < -0.3 is 21.3 Å². The zero-order valence-corrected chi connectivity index (χ0v) is 16.5. The third kappa shape index (κ3) is 3.60. The summed E-state index contributed by atoms with van der Waals surface area (Å²) in [6, 6.07) is 0. The number of rotatable bonds is 2. The van der Waals surface area contributed by atoms with Gasteiger partial charge in [-0.25, -0.2) is 0 Å². The van der Waals surface area contributed by atoms with Gasteiger partial charge in [0.2, 0.25) is 0 Å². The molecule has 2 aliphatic carbocycles. The Morgan fingerprint density at radius 3 is 1.27 bits per heavy atom. The van der Waals surface area contributed by atoms with Gasteiger partial charge in [-0.2, -0.15) is 0 Å². The average molecular weight is 361 g/mol. The van der Waals surface area contributed by atoms with Crippen molar-refractivity contribution >= 4 is 11.6 Å². The second-order valence-electron chi connectivity index (χ2n) is 9.58. The molecule has 0 unspecified atom stereocenters. The Balaban J connectivity index is 1.74. The molecule has 144 valence electrons. The van der Waals surface area contributed by atoms with E-state index in [1.165, 1.54) is 0 Å². The molecule has 3 aliphatic rings. The Morgan fingerprint density at radius 2 is 0.962 bits per heavy atom. The Hall–Kier alpha value is -1.98. The number of Topliss-reactive ketones (excluding diaryl/α,β-unsaturated/α-hetero) is 2. The number of allylic oxidation sites excluding steroid dienone is 4. The van der Waals surface area contributed by atoms with Crippen molar-refractivity contribution in [1.82, 2.24) is 9.80 Å². The van der Waals surface area contributed by atoms with E-state index in [9.17, 15) is 9.59 Å². The molecule has 0 aromatic rings. The lowest BCUT2D eigenvalue weighted by atomic mass is 9.77. The number of nitrogens with two attached hydrogens (primary N) is 2. The van der Waals surface area contributed by atoms with Crippen molar-refractivity contribution in [2.45, 2.75) is 53.4 Å². The summed E-state index contributed by atoms with van der Waals surface area (Å²) in [6.45, 7) is 11.7. The zero-order valence-electron chi connectivity index (χ0n) is 16.5. The second-order valence-corrected chi connectivity index (χ2v) is 9.58. The molecule has 0 spiro atoms. The summed E-state index contributed by atoms with van der Waals surface area (Å²) in [4.78, 5) is 29.0. The van der Waals surface area contributed by atoms with Gasteiger partial charge in [0.05, 0.1) is 11.4 Å². The molecule has 6 heteroatoms. The van der Waals surface area contributed by atoms with E-state index in [4.69, 9.17) is 11.5 Å². The molecule has 0 bridgehead atoms. The first kappa shape index (κ1) is 18.8. The number of carbonyl (C=O) groups excluding carboxylic acids is 2. The lowest BCUT2D eigenvalue weighted by Gasteiger charge is -2.45. The van der Waals surface area contributed by atoms with Gasteiger partial charge in [-0.05, 0) is 23.7 Å². The summed E-state index contributed by atoms with van der Waals surface area (Å²) < 4.78 is 0. The van der Waals surface area contributed by atoms with E-state index in [1.54, 1.807) is 0 Å². The standard InChI is InChI=1S/C20H32N4O2/c1-19(2)9-13(17(21)15(25)11-19)23-5-7-24(8-6-23)14-10-20(3,4)12-16(26)18(14)22/h5-12,21-22H2,1-4H3. The molecule has 0 aromatic carbocycles. The van der Waals surface area contributed by atoms with Crippen LogP contribution in [-0.4, -0.2) is 47.5 Å². The van der Waals surface area contributed by atoms with Crippen LogP contribution in [0.5, 0.6) is 0 Å². The molecule has 1 fully saturated rings. The maximum Gasteiger partial charge on any atom is 0.180 e. The Bertz CT molecular complexity index is 635. The lowest BCUT2D eigenvalue weighted by Crippen LogP contribution is -2.49. The first-order chi connectivity index (χ1) is 12.0. The lowest BCUT2D eigenvalue weighted by molar-refractivity contribution is -0.119. The fraction of sp³-hybridized carbons (Fsp3) is 0.700. The van der Waals surface area contributed by atoms with Crippen LogP contribution < -0.4 is 11.5 Å². The molecule has 6 nitrogen and oxygen atoms in total. The molecule has 1 heterocycles. The second kappa shape index (κ2) is 6.32. The third-order valence-corrected chi connectivity index (χ3v) is 5.84. The summed E-state index contributed by atoms with van der Waals surface area (Å²) in [7, 11) is 0. The van der Waals surface area contributed by atoms with Crippen LogP contribution >= 0.6 is 0 Å². The van der Waals surface area contributed by atoms with E-state index in [0.29, 0.717) is 24.2 Å². The molecule has 1 saturated heterocycles. The molecule has 0 radical (unpaired) electrons. The van der Waals surface area contributed by atoms with E-state index in [0.717, 1.165) is 50.4 Å². The van der Waals surface area contributed by atoms with Crippen molar-refractivity contribution in [3.05, 3.63) is 22.8 Å². The number of carbonyl (C=O) groups is 2. The van der Waals surface area contributed by atoms with E-state index in [-0.39, 0.29) is 22.4 Å². The predicted molar refractivity (Wildman–Crippen MR) is 102 cm³/mol. The molecule has 1 aliphatic heterocycles. The van der Waals surface area contributed by atoms with Gasteiger partial charge in [0.15, 0.2) is 11.6 Å². The maximum absolute atomic E-state index is 12.2. The van der Waals surface area contributed by atoms with Gasteiger partial charge >= 0.3 is 0 Å². The van der Waals surface area contributed by atoms with Gasteiger partial charge in [0.1, 0.15) is 0 Å². The summed E-state index contributed by atoms with van der Waals surface area (Å²) in [5, 5.41) is 0. The number of hydrogen-bond acceptors (Lipinski definition) is 6. The van der Waals surface area contributed by atoms with Crippen LogP contribution in [0.3, 0.4) is 0 Å². The minimum Gasteiger partial charge on any atom is -0.394 e. The zero-order chi connectivity index (χ0) is 19.3. The van der Waals surface area contributed by atoms with Crippen LogP contribution in [0.2, 0.25) is 0 Å². The van der Waals surface area contributed by atoms with Crippen LogP contribution in [0.1, 0.15) is 53.4 Å². The number of hydrogen-bond donors (Lipinski definition) is 2. The van der Waals surface area contributed by atoms with Crippen molar-refractivity contribution in [2.24, 2.45) is 22.3 Å². The molecule has 0 aromatic heterocycles. The van der Waals surface area contributed by atoms with Gasteiger partial charge in [0, 0.05) is 50.4 Å². The van der Waals surface area contributed by atoms with Crippen molar-refractivity contribution in [3.63, 3.8) is 0 Å². The molecule has 0 saturated carbocycles. The Morgan fingerprint density at radius 1 is 0.654 bits per heavy atom. The van der Waals surface area contributed by atoms with Crippen LogP contribution in [0, 0.1) is 10.8 Å². The maximum atomic E-state index is 12.2. The normalized spacial score (nSPS) is 26.6. The molecule has 26 heavy (non-hydrogen) atoms. The van der Waals surface area contributed by atoms with E-state index < -0.39 is 0 Å². The third-order valence-electron chi connectivity index (χ3n) is 5.84. The number of ketones is 2. The summed E-state index contributed by atoms with van der Waals surface area (Å²) >= 11 is 0. The van der Waals surface area contributed by atoms with Crippen LogP contribution in [0.25, 0.3) is 0 Å². The van der Waals surface area contributed by atoms with Crippen molar-refractivity contribution in [2.75, 3.05) is 26.2 Å². The molecular formula is C20H32N4O2. The van der Waals surface area contributed by atoms with E-state index >= 15 is 0 Å². The van der Waals surface area contributed by atoms with E-state index in [1.807, 2.05) is 0 Å². The predicted octanol–water partition coefficient (Wildman–Crippen LogP) is 1.72. The molecule has 0 atom stereocenters. The SMILES string of the molecule is CC1(C)CC(=O)C(N)=C(N2CCN(C3=C(N)C(=O)CC(C)(C)C3)CC2)C1. The van der Waals surface area contributed by atoms with Gasteiger partial charge in [-0.1, -0.05) is 27.7 Å². The molecule has 4 N–H and O–H groups in total. The monoisotopic (exact) mass is 360 g/mol. The highest BCUT2D eigenvalue weighted by atomic mass is 16.1. The smallest absolute Gasteiger partial charge is 0.180 e. The summed E-state index contributed by atoms with van der Waals surface area (Å²) in [5.41, 5.74) is 15.0. The number of nitrogens with zero attached hydrogens (tertiary/aromatic N) is 2. The average Bonchev–Trinajstić information content (AvgIpc) is 2.54. The minimum absolute atomic E-state index is 0.0425. The van der Waals surface area contributed by atoms with Gasteiger partial charge in [-0.15, -0.1) is 0 Å². The fourth-order valence-electron chi connectivity index (χ4n) is 4.41. The highest BCUT2D eigenvalue weighted by molar-refractivity contribution is 5.97. The quantitative estimate of drug-likeness (QED) is 0.779. The van der Waals surface area contributed by atoms with E-state index in [2.05, 4.69) is 37.5 Å². The van der Waals surface area contributed by atoms with Crippen LogP contribution in [-0.2, 0) is 9.59 Å². The fourth-order valence-corrected chi connectivity index (χ4v) is 4.41. The Labute approximate surface area is 156 Å². The summed E-state index contributed by atoms with van der Waals surface area (Å²) in [6.07, 6.45) is 2.70. The van der Waals surface area contributed by atoms with Gasteiger partial charge in [0.25, 0.3) is 0 Å². The van der Waals surface area contributed by atoms with Crippen molar-refractivity contribution in [3.8, 4) is 0 Å².